The molecular formula is C23H31NO. The highest BCUT2D eigenvalue weighted by Gasteiger charge is 2.34. The maximum atomic E-state index is 6.59. The molecule has 0 aromatic heterocycles. The van der Waals surface area contributed by atoms with Crippen LogP contribution in [0.2, 0.25) is 0 Å². The van der Waals surface area contributed by atoms with Crippen molar-refractivity contribution in [1.29, 1.82) is 0 Å². The normalized spacial score (nSPS) is 11.9. The average Bonchev–Trinajstić information content (AvgIpc) is 2.68. The van der Waals surface area contributed by atoms with E-state index < -0.39 is 5.60 Å². The van der Waals surface area contributed by atoms with Gasteiger partial charge in [-0.15, -0.1) is 0 Å². The molecule has 1 N–H and O–H groups in total. The number of rotatable bonds is 11. The van der Waals surface area contributed by atoms with Crippen LogP contribution in [0.1, 0.15) is 44.2 Å². The number of unbranched alkanes of at least 4 members (excludes halogenated alkanes) is 1. The highest BCUT2D eigenvalue weighted by atomic mass is 16.5. The van der Waals surface area contributed by atoms with Crippen molar-refractivity contribution in [1.82, 2.24) is 5.32 Å². The smallest absolute Gasteiger partial charge is 0.119 e. The quantitative estimate of drug-likeness (QED) is 0.443. The van der Waals surface area contributed by atoms with Crippen LogP contribution in [0.25, 0.3) is 0 Å². The predicted molar refractivity (Wildman–Crippen MR) is 107 cm³/mol. The van der Waals surface area contributed by atoms with Crippen molar-refractivity contribution in [3.63, 3.8) is 0 Å². The van der Waals surface area contributed by atoms with E-state index >= 15 is 0 Å². The maximum Gasteiger partial charge on any atom is 0.119 e. The van der Waals surface area contributed by atoms with Crippen LogP contribution < -0.4 is 5.32 Å². The Labute approximate surface area is 152 Å². The lowest BCUT2D eigenvalue weighted by Crippen LogP contribution is -2.35. The fourth-order valence-corrected chi connectivity index (χ4v) is 3.07. The molecule has 2 aromatic carbocycles. The molecule has 134 valence electrons. The highest BCUT2D eigenvalue weighted by molar-refractivity contribution is 5.36. The number of allylic oxidation sites excluding steroid dienone is 1. The summed E-state index contributed by atoms with van der Waals surface area (Å²) in [6.45, 7) is 6.82. The topological polar surface area (TPSA) is 21.3 Å². The zero-order valence-electron chi connectivity index (χ0n) is 15.6. The van der Waals surface area contributed by atoms with Crippen LogP contribution in [0.4, 0.5) is 0 Å². The molecule has 25 heavy (non-hydrogen) atoms. The summed E-state index contributed by atoms with van der Waals surface area (Å²) >= 11 is 0. The fourth-order valence-electron chi connectivity index (χ4n) is 3.07. The number of hydrogen-bond acceptors (Lipinski definition) is 2. The maximum absolute atomic E-state index is 6.59. The van der Waals surface area contributed by atoms with Gasteiger partial charge in [0.05, 0.1) is 0 Å². The summed E-state index contributed by atoms with van der Waals surface area (Å²) < 4.78 is 6.59. The average molecular weight is 338 g/mol. The Morgan fingerprint density at radius 2 is 1.56 bits per heavy atom. The van der Waals surface area contributed by atoms with Crippen molar-refractivity contribution >= 4 is 0 Å². The highest BCUT2D eigenvalue weighted by Crippen LogP contribution is 2.37. The van der Waals surface area contributed by atoms with Gasteiger partial charge in [-0.2, -0.15) is 0 Å². The van der Waals surface area contributed by atoms with Crippen molar-refractivity contribution in [3.8, 4) is 0 Å². The molecule has 0 spiro atoms. The predicted octanol–water partition coefficient (Wildman–Crippen LogP) is 5.30. The summed E-state index contributed by atoms with van der Waals surface area (Å²) in [7, 11) is 0. The summed E-state index contributed by atoms with van der Waals surface area (Å²) in [5, 5.41) is 3.50. The first kappa shape index (κ1) is 19.4. The van der Waals surface area contributed by atoms with E-state index in [-0.39, 0.29) is 0 Å². The third-order valence-electron chi connectivity index (χ3n) is 4.48. The summed E-state index contributed by atoms with van der Waals surface area (Å²) in [4.78, 5) is 0. The first-order valence-corrected chi connectivity index (χ1v) is 9.40. The molecule has 0 saturated carbocycles. The van der Waals surface area contributed by atoms with Gasteiger partial charge in [0, 0.05) is 13.2 Å². The zero-order valence-corrected chi connectivity index (χ0v) is 15.6. The molecule has 0 fully saturated rings. The van der Waals surface area contributed by atoms with Crippen LogP contribution in [-0.2, 0) is 10.3 Å². The second kappa shape index (κ2) is 10.9. The van der Waals surface area contributed by atoms with Crippen LogP contribution in [0, 0.1) is 0 Å². The van der Waals surface area contributed by atoms with E-state index in [4.69, 9.17) is 4.74 Å². The first-order valence-electron chi connectivity index (χ1n) is 9.40. The number of ether oxygens (including phenoxy) is 1. The molecule has 2 rings (SSSR count). The number of benzene rings is 2. The summed E-state index contributed by atoms with van der Waals surface area (Å²) in [5.41, 5.74) is 2.05. The Bertz CT molecular complexity index is 567. The number of nitrogens with one attached hydrogen (secondary N) is 1. The minimum atomic E-state index is -0.402. The Hall–Kier alpha value is -1.90. The molecule has 2 heteroatoms. The molecule has 0 heterocycles. The zero-order chi connectivity index (χ0) is 17.8. The second-order valence-corrected chi connectivity index (χ2v) is 6.28. The van der Waals surface area contributed by atoms with Gasteiger partial charge in [0.1, 0.15) is 5.60 Å². The van der Waals surface area contributed by atoms with Crippen LogP contribution in [0.15, 0.2) is 72.8 Å². The van der Waals surface area contributed by atoms with E-state index in [2.05, 4.69) is 85.1 Å². The molecular weight excluding hydrogens is 306 g/mol. The van der Waals surface area contributed by atoms with Crippen molar-refractivity contribution in [2.24, 2.45) is 0 Å². The van der Waals surface area contributed by atoms with Gasteiger partial charge in [-0.1, -0.05) is 86.2 Å². The molecule has 2 aromatic rings. The Balaban J connectivity index is 2.31. The molecule has 0 amide bonds. The second-order valence-electron chi connectivity index (χ2n) is 6.28. The molecule has 0 saturated heterocycles. The van der Waals surface area contributed by atoms with Crippen molar-refractivity contribution in [2.45, 2.75) is 38.7 Å². The molecule has 2 nitrogen and oxygen atoms in total. The minimum Gasteiger partial charge on any atom is -0.365 e. The third kappa shape index (κ3) is 5.55. The minimum absolute atomic E-state index is 0.402. The van der Waals surface area contributed by atoms with Gasteiger partial charge < -0.3 is 10.1 Å². The lowest BCUT2D eigenvalue weighted by molar-refractivity contribution is -0.0257. The summed E-state index contributed by atoms with van der Waals surface area (Å²) in [6, 6.07) is 21.3. The molecule has 0 atom stereocenters. The lowest BCUT2D eigenvalue weighted by Gasteiger charge is -2.35. The van der Waals surface area contributed by atoms with Crippen LogP contribution >= 0.6 is 0 Å². The van der Waals surface area contributed by atoms with Gasteiger partial charge in [-0.25, -0.2) is 0 Å². The SMILES string of the molecule is CC=CCNCCC(OCCCC)(c1ccccc1)c1ccccc1. The van der Waals surface area contributed by atoms with Crippen LogP contribution in [0.3, 0.4) is 0 Å². The van der Waals surface area contributed by atoms with Gasteiger partial charge in [-0.3, -0.25) is 0 Å². The Morgan fingerprint density at radius 1 is 0.960 bits per heavy atom. The molecule has 0 bridgehead atoms. The van der Waals surface area contributed by atoms with Gasteiger partial charge >= 0.3 is 0 Å². The van der Waals surface area contributed by atoms with E-state index in [0.717, 1.165) is 39.0 Å². The summed E-state index contributed by atoms with van der Waals surface area (Å²) in [6.07, 6.45) is 7.34. The Kier molecular flexibility index (Phi) is 8.44. The lowest BCUT2D eigenvalue weighted by atomic mass is 9.83. The largest absolute Gasteiger partial charge is 0.365 e. The van der Waals surface area contributed by atoms with E-state index in [1.807, 2.05) is 6.92 Å². The monoisotopic (exact) mass is 337 g/mol. The van der Waals surface area contributed by atoms with E-state index in [1.54, 1.807) is 0 Å². The molecule has 0 aliphatic rings. The van der Waals surface area contributed by atoms with Crippen LogP contribution in [0.5, 0.6) is 0 Å². The third-order valence-corrected chi connectivity index (χ3v) is 4.48. The molecule has 0 aliphatic heterocycles. The van der Waals surface area contributed by atoms with Gasteiger partial charge in [0.25, 0.3) is 0 Å². The van der Waals surface area contributed by atoms with Crippen molar-refractivity contribution in [3.05, 3.63) is 83.9 Å². The van der Waals surface area contributed by atoms with E-state index in [0.29, 0.717) is 0 Å². The molecule has 0 radical (unpaired) electrons. The van der Waals surface area contributed by atoms with Crippen LogP contribution in [-0.4, -0.2) is 19.7 Å². The molecule has 0 aliphatic carbocycles. The van der Waals surface area contributed by atoms with Crippen molar-refractivity contribution in [2.75, 3.05) is 19.7 Å². The number of hydrogen-bond donors (Lipinski definition) is 1. The van der Waals surface area contributed by atoms with E-state index in [9.17, 15) is 0 Å². The van der Waals surface area contributed by atoms with Gasteiger partial charge in [0.15, 0.2) is 0 Å². The Morgan fingerprint density at radius 3 is 2.08 bits per heavy atom. The van der Waals surface area contributed by atoms with Gasteiger partial charge in [0.2, 0.25) is 0 Å². The van der Waals surface area contributed by atoms with Gasteiger partial charge in [-0.05, 0) is 37.4 Å². The van der Waals surface area contributed by atoms with E-state index in [1.165, 1.54) is 11.1 Å². The summed E-state index contributed by atoms with van der Waals surface area (Å²) in [5.74, 6) is 0. The van der Waals surface area contributed by atoms with Crippen molar-refractivity contribution < 1.29 is 4.74 Å². The fraction of sp³-hybridized carbons (Fsp3) is 0.391. The standard InChI is InChI=1S/C23H31NO/c1-3-5-18-24-19-17-23(25-20-6-4-2,21-13-9-7-10-14-21)22-15-11-8-12-16-22/h3,5,7-16,24H,4,6,17-20H2,1-2H3. The molecule has 0 unspecified atom stereocenters. The first-order chi connectivity index (χ1) is 12.3.